The summed E-state index contributed by atoms with van der Waals surface area (Å²) in [7, 11) is 0. The van der Waals surface area contributed by atoms with Gasteiger partial charge in [-0.15, -0.1) is 6.42 Å². The Kier molecular flexibility index (Phi) is 7.31. The van der Waals surface area contributed by atoms with Crippen molar-refractivity contribution in [2.24, 2.45) is 39.7 Å². The maximum absolute atomic E-state index is 12.2. The molecule has 0 aromatic carbocycles. The quantitative estimate of drug-likeness (QED) is 0.358. The number of hydrogen-bond donors (Lipinski definition) is 3. The van der Waals surface area contributed by atoms with E-state index in [0.717, 1.165) is 50.7 Å². The fraction of sp³-hybridized carbons (Fsp3) is 0.759. The molecule has 7 atom stereocenters. The summed E-state index contributed by atoms with van der Waals surface area (Å²) in [6.45, 7) is 8.15. The number of rotatable bonds is 7. The first-order valence-electron chi connectivity index (χ1n) is 13.6. The zero-order valence-corrected chi connectivity index (χ0v) is 22.2. The lowest BCUT2D eigenvalue weighted by Crippen LogP contribution is -2.54. The van der Waals surface area contributed by atoms with Crippen molar-refractivity contribution in [2.45, 2.75) is 97.1 Å². The topological polar surface area (TPSA) is 108 Å². The Hall–Kier alpha value is -2.33. The third-order valence-electron chi connectivity index (χ3n) is 10.1. The van der Waals surface area contributed by atoms with Crippen molar-refractivity contribution < 1.29 is 24.6 Å². The summed E-state index contributed by atoms with van der Waals surface area (Å²) in [5.74, 6) is 3.03. The van der Waals surface area contributed by atoms with Crippen molar-refractivity contribution in [1.82, 2.24) is 5.32 Å². The molecule has 0 heterocycles. The molecule has 0 saturated heterocycles. The zero-order chi connectivity index (χ0) is 26.3. The number of aliphatic carboxylic acids is 1. The standard InChI is InChI=1S/C29H42N2O5/c1-6-29(35)14-11-23-21-8-7-19-16-20(9-12-27(19,4)22(21)10-13-28(23,29)5)31-36-17-25(32)30-24(26(33)34)15-18(2)3/h1,16,18,21-24,35H,7-15,17H2,2-5H3,(H,30,32)(H,33,34)/t21-,22+,23+,24+,27+,28+,29-/m1/s1. The van der Waals surface area contributed by atoms with Gasteiger partial charge in [0, 0.05) is 5.41 Å². The van der Waals surface area contributed by atoms with Gasteiger partial charge in [-0.25, -0.2) is 4.79 Å². The van der Waals surface area contributed by atoms with Crippen LogP contribution in [-0.2, 0) is 14.4 Å². The Balaban J connectivity index is 1.39. The van der Waals surface area contributed by atoms with E-state index in [-0.39, 0.29) is 23.4 Å². The van der Waals surface area contributed by atoms with Crippen LogP contribution in [0.15, 0.2) is 16.8 Å². The average molecular weight is 499 g/mol. The van der Waals surface area contributed by atoms with E-state index in [2.05, 4.69) is 36.3 Å². The fourth-order valence-electron chi connectivity index (χ4n) is 8.00. The van der Waals surface area contributed by atoms with Crippen molar-refractivity contribution in [1.29, 1.82) is 0 Å². The molecule has 3 N–H and O–H groups in total. The molecule has 0 radical (unpaired) electrons. The fourth-order valence-corrected chi connectivity index (χ4v) is 8.00. The Bertz CT molecular complexity index is 996. The molecule has 0 aromatic rings. The molecule has 7 heteroatoms. The highest BCUT2D eigenvalue weighted by molar-refractivity contribution is 5.96. The van der Waals surface area contributed by atoms with Gasteiger partial charge in [0.2, 0.25) is 0 Å². The predicted molar refractivity (Wildman–Crippen MR) is 138 cm³/mol. The number of nitrogens with zero attached hydrogens (tertiary/aromatic N) is 1. The third kappa shape index (κ3) is 4.58. The van der Waals surface area contributed by atoms with Crippen LogP contribution in [0.1, 0.15) is 85.5 Å². The van der Waals surface area contributed by atoms with Gasteiger partial charge in [-0.3, -0.25) is 4.79 Å². The maximum Gasteiger partial charge on any atom is 0.326 e. The number of terminal acetylenes is 1. The smallest absolute Gasteiger partial charge is 0.326 e. The van der Waals surface area contributed by atoms with Crippen molar-refractivity contribution in [3.8, 4) is 12.3 Å². The van der Waals surface area contributed by atoms with Crippen molar-refractivity contribution in [2.75, 3.05) is 6.61 Å². The van der Waals surface area contributed by atoms with Crippen LogP contribution in [0.3, 0.4) is 0 Å². The van der Waals surface area contributed by atoms with Gasteiger partial charge in [-0.05, 0) is 93.0 Å². The van der Waals surface area contributed by atoms with E-state index in [4.69, 9.17) is 11.3 Å². The Morgan fingerprint density at radius 2 is 1.92 bits per heavy atom. The molecule has 198 valence electrons. The first kappa shape index (κ1) is 26.7. The number of carbonyl (C=O) groups excluding carboxylic acids is 1. The molecule has 0 aromatic heterocycles. The van der Waals surface area contributed by atoms with Crippen molar-refractivity contribution in [3.63, 3.8) is 0 Å². The van der Waals surface area contributed by atoms with Gasteiger partial charge in [-0.1, -0.05) is 44.3 Å². The van der Waals surface area contributed by atoms with Gasteiger partial charge in [0.1, 0.15) is 11.6 Å². The lowest BCUT2D eigenvalue weighted by molar-refractivity contribution is -0.143. The first-order chi connectivity index (χ1) is 16.9. The Morgan fingerprint density at radius 1 is 1.19 bits per heavy atom. The molecule has 4 rings (SSSR count). The minimum atomic E-state index is -1.04. The van der Waals surface area contributed by atoms with E-state index >= 15 is 0 Å². The summed E-state index contributed by atoms with van der Waals surface area (Å²) in [6, 6.07) is -0.921. The van der Waals surface area contributed by atoms with E-state index in [9.17, 15) is 19.8 Å². The van der Waals surface area contributed by atoms with Gasteiger partial charge in [0.25, 0.3) is 5.91 Å². The minimum absolute atomic E-state index is 0.114. The normalized spacial score (nSPS) is 39.3. The molecule has 3 fully saturated rings. The van der Waals surface area contributed by atoms with Gasteiger partial charge >= 0.3 is 5.97 Å². The average Bonchev–Trinajstić information content (AvgIpc) is 3.09. The van der Waals surface area contributed by atoms with Gasteiger partial charge in [0.15, 0.2) is 6.61 Å². The Labute approximate surface area is 215 Å². The number of oxime groups is 1. The van der Waals surface area contributed by atoms with Crippen molar-refractivity contribution in [3.05, 3.63) is 11.6 Å². The summed E-state index contributed by atoms with van der Waals surface area (Å²) >= 11 is 0. The van der Waals surface area contributed by atoms with Crippen LogP contribution in [0.2, 0.25) is 0 Å². The van der Waals surface area contributed by atoms with Crippen LogP contribution in [0.4, 0.5) is 0 Å². The SMILES string of the molecule is C#C[C@@]1(O)CC[C@H]2[C@@H]3CCC4=CC(=NOCC(=O)N[C@@H](CC(C)C)C(=O)O)CC[C@]4(C)[C@H]3CC[C@@]21C. The van der Waals surface area contributed by atoms with E-state index in [1.165, 1.54) is 5.57 Å². The van der Waals surface area contributed by atoms with Crippen LogP contribution >= 0.6 is 0 Å². The number of nitrogens with one attached hydrogen (secondary N) is 1. The van der Waals surface area contributed by atoms with Crippen LogP contribution in [0.5, 0.6) is 0 Å². The van der Waals surface area contributed by atoms with E-state index in [0.29, 0.717) is 30.6 Å². The van der Waals surface area contributed by atoms with Crippen LogP contribution in [0, 0.1) is 46.8 Å². The van der Waals surface area contributed by atoms with E-state index in [1.807, 2.05) is 13.8 Å². The largest absolute Gasteiger partial charge is 0.480 e. The van der Waals surface area contributed by atoms with Gasteiger partial charge in [-0.2, -0.15) is 0 Å². The summed E-state index contributed by atoms with van der Waals surface area (Å²) in [5, 5.41) is 27.2. The summed E-state index contributed by atoms with van der Waals surface area (Å²) in [6.07, 6.45) is 16.0. The summed E-state index contributed by atoms with van der Waals surface area (Å²) in [4.78, 5) is 28.9. The molecule has 36 heavy (non-hydrogen) atoms. The highest BCUT2D eigenvalue weighted by atomic mass is 16.6. The highest BCUT2D eigenvalue weighted by Crippen LogP contribution is 2.67. The monoisotopic (exact) mass is 498 g/mol. The van der Waals surface area contributed by atoms with Crippen LogP contribution in [-0.4, -0.2) is 46.1 Å². The first-order valence-corrected chi connectivity index (χ1v) is 13.6. The molecule has 0 spiro atoms. The number of carboxylic acids is 1. The number of allylic oxidation sites excluding steroid dienone is 2. The zero-order valence-electron chi connectivity index (χ0n) is 22.2. The minimum Gasteiger partial charge on any atom is -0.480 e. The van der Waals surface area contributed by atoms with Gasteiger partial charge < -0.3 is 20.4 Å². The molecule has 4 aliphatic carbocycles. The molecule has 1 amide bonds. The molecule has 0 aliphatic heterocycles. The summed E-state index contributed by atoms with van der Waals surface area (Å²) < 4.78 is 0. The molecular weight excluding hydrogens is 456 g/mol. The highest BCUT2D eigenvalue weighted by Gasteiger charge is 2.63. The second-order valence-electron chi connectivity index (χ2n) is 12.4. The van der Waals surface area contributed by atoms with Crippen LogP contribution in [0.25, 0.3) is 0 Å². The predicted octanol–water partition coefficient (Wildman–Crippen LogP) is 4.30. The maximum atomic E-state index is 12.2. The molecular formula is C29H42N2O5. The molecule has 7 nitrogen and oxygen atoms in total. The molecule has 0 unspecified atom stereocenters. The summed E-state index contributed by atoms with van der Waals surface area (Å²) in [5.41, 5.74) is 1.20. The lowest BCUT2D eigenvalue weighted by Gasteiger charge is -2.58. The molecule has 0 bridgehead atoms. The number of carbonyl (C=O) groups is 2. The second kappa shape index (κ2) is 9.85. The number of carboxylic acid groups (broad SMARTS) is 1. The number of amides is 1. The lowest BCUT2D eigenvalue weighted by atomic mass is 9.46. The van der Waals surface area contributed by atoms with E-state index in [1.54, 1.807) is 0 Å². The number of hydrogen-bond acceptors (Lipinski definition) is 5. The number of aliphatic hydroxyl groups is 1. The Morgan fingerprint density at radius 3 is 2.58 bits per heavy atom. The third-order valence-corrected chi connectivity index (χ3v) is 10.1. The van der Waals surface area contributed by atoms with Crippen LogP contribution < -0.4 is 5.32 Å². The molecule has 3 saturated carbocycles. The van der Waals surface area contributed by atoms with E-state index < -0.39 is 23.5 Å². The van der Waals surface area contributed by atoms with Gasteiger partial charge in [0.05, 0.1) is 5.71 Å². The molecule has 4 aliphatic rings. The second-order valence-corrected chi connectivity index (χ2v) is 12.4. The number of fused-ring (bicyclic) bond motifs is 5. The van der Waals surface area contributed by atoms with Crippen molar-refractivity contribution >= 4 is 17.6 Å².